The molecule has 1 aromatic heterocycles. The molecule has 0 saturated heterocycles. The van der Waals surface area contributed by atoms with E-state index in [-0.39, 0.29) is 5.78 Å². The minimum absolute atomic E-state index is 0.127. The molecular weight excluding hydrogens is 351 g/mol. The molecule has 0 radical (unpaired) electrons. The molecule has 1 aromatic carbocycles. The van der Waals surface area contributed by atoms with Crippen LogP contribution in [0, 0.1) is 10.5 Å². The van der Waals surface area contributed by atoms with E-state index in [1.165, 1.54) is 0 Å². The molecule has 1 heterocycles. The number of benzene rings is 1. The number of aromatic nitrogens is 2. The summed E-state index contributed by atoms with van der Waals surface area (Å²) < 4.78 is 2.91. The Morgan fingerprint density at radius 2 is 2.11 bits per heavy atom. The van der Waals surface area contributed by atoms with Gasteiger partial charge in [-0.05, 0) is 55.0 Å². The Morgan fingerprint density at radius 1 is 1.37 bits per heavy atom. The average Bonchev–Trinajstić information content (AvgIpc) is 2.81. The zero-order valence-corrected chi connectivity index (χ0v) is 13.5. The molecule has 2 rings (SSSR count). The summed E-state index contributed by atoms with van der Waals surface area (Å²) in [4.78, 5) is 12.3. The van der Waals surface area contributed by atoms with Crippen LogP contribution in [0.25, 0.3) is 0 Å². The Kier molecular flexibility index (Phi) is 4.39. The van der Waals surface area contributed by atoms with Crippen molar-refractivity contribution in [3.05, 3.63) is 50.9 Å². The SMILES string of the molecule is Cc1cccc(C(=O)Cc2ccn(C(C)C)n2)c1I. The number of carbonyl (C=O) groups excluding carboxylic acids is 1. The fraction of sp³-hybridized carbons (Fsp3) is 0.333. The van der Waals surface area contributed by atoms with E-state index in [4.69, 9.17) is 0 Å². The quantitative estimate of drug-likeness (QED) is 0.608. The van der Waals surface area contributed by atoms with Crippen molar-refractivity contribution < 1.29 is 4.79 Å². The van der Waals surface area contributed by atoms with E-state index in [1.807, 2.05) is 42.1 Å². The Balaban J connectivity index is 2.18. The van der Waals surface area contributed by atoms with Crippen molar-refractivity contribution in [2.75, 3.05) is 0 Å². The first-order chi connectivity index (χ1) is 8.99. The van der Waals surface area contributed by atoms with Gasteiger partial charge in [0.2, 0.25) is 0 Å². The van der Waals surface area contributed by atoms with Crippen LogP contribution < -0.4 is 0 Å². The summed E-state index contributed by atoms with van der Waals surface area (Å²) >= 11 is 2.23. The molecule has 4 heteroatoms. The van der Waals surface area contributed by atoms with E-state index in [2.05, 4.69) is 41.5 Å². The summed E-state index contributed by atoms with van der Waals surface area (Å²) in [7, 11) is 0. The molecule has 0 spiro atoms. The van der Waals surface area contributed by atoms with E-state index in [1.54, 1.807) is 0 Å². The van der Waals surface area contributed by atoms with Gasteiger partial charge >= 0.3 is 0 Å². The van der Waals surface area contributed by atoms with Gasteiger partial charge in [0, 0.05) is 21.4 Å². The summed E-state index contributed by atoms with van der Waals surface area (Å²) in [6.07, 6.45) is 2.29. The highest BCUT2D eigenvalue weighted by Crippen LogP contribution is 2.18. The van der Waals surface area contributed by atoms with Crippen LogP contribution in [0.15, 0.2) is 30.5 Å². The van der Waals surface area contributed by atoms with Crippen LogP contribution in [0.5, 0.6) is 0 Å². The standard InChI is InChI=1S/C15H17IN2O/c1-10(2)18-8-7-12(17-18)9-14(19)13-6-4-5-11(3)15(13)16/h4-8,10H,9H2,1-3H3. The largest absolute Gasteiger partial charge is 0.294 e. The van der Waals surface area contributed by atoms with Crippen molar-refractivity contribution in [1.82, 2.24) is 9.78 Å². The zero-order chi connectivity index (χ0) is 14.0. The summed E-state index contributed by atoms with van der Waals surface area (Å²) in [5, 5.41) is 4.42. The lowest BCUT2D eigenvalue weighted by atomic mass is 10.0. The molecule has 0 bridgehead atoms. The van der Waals surface area contributed by atoms with E-state index in [0.717, 1.165) is 20.4 Å². The van der Waals surface area contributed by atoms with Crippen molar-refractivity contribution in [1.29, 1.82) is 0 Å². The number of hydrogen-bond donors (Lipinski definition) is 0. The Bertz CT molecular complexity index is 602. The summed E-state index contributed by atoms with van der Waals surface area (Å²) in [6, 6.07) is 8.07. The maximum atomic E-state index is 12.3. The second-order valence-corrected chi connectivity index (χ2v) is 6.00. The molecule has 0 unspecified atom stereocenters. The number of rotatable bonds is 4. The number of aryl methyl sites for hydroxylation is 1. The first kappa shape index (κ1) is 14.2. The first-order valence-corrected chi connectivity index (χ1v) is 7.39. The maximum Gasteiger partial charge on any atom is 0.169 e. The van der Waals surface area contributed by atoms with E-state index < -0.39 is 0 Å². The molecule has 0 fully saturated rings. The number of carbonyl (C=O) groups is 1. The predicted octanol–water partition coefficient (Wildman–Crippen LogP) is 3.80. The molecule has 0 atom stereocenters. The van der Waals surface area contributed by atoms with Crippen LogP contribution >= 0.6 is 22.6 Å². The highest BCUT2D eigenvalue weighted by molar-refractivity contribution is 14.1. The Morgan fingerprint density at radius 3 is 2.74 bits per heavy atom. The molecule has 2 aromatic rings. The van der Waals surface area contributed by atoms with Gasteiger partial charge in [0.1, 0.15) is 0 Å². The van der Waals surface area contributed by atoms with Crippen LogP contribution in [-0.2, 0) is 6.42 Å². The van der Waals surface area contributed by atoms with Crippen LogP contribution in [0.4, 0.5) is 0 Å². The van der Waals surface area contributed by atoms with Gasteiger partial charge in [-0.25, -0.2) is 0 Å². The minimum atomic E-state index is 0.127. The second kappa shape index (κ2) is 5.86. The van der Waals surface area contributed by atoms with Gasteiger partial charge in [-0.3, -0.25) is 9.48 Å². The number of halogens is 1. The van der Waals surface area contributed by atoms with E-state index in [9.17, 15) is 4.79 Å². The smallest absolute Gasteiger partial charge is 0.169 e. The second-order valence-electron chi connectivity index (χ2n) is 4.92. The first-order valence-electron chi connectivity index (χ1n) is 6.31. The molecule has 0 aliphatic heterocycles. The lowest BCUT2D eigenvalue weighted by Crippen LogP contribution is -2.08. The number of Topliss-reactive ketones (excluding diaryl/α,β-unsaturated/α-hetero) is 1. The molecule has 0 amide bonds. The van der Waals surface area contributed by atoms with Crippen LogP contribution in [0.1, 0.15) is 41.5 Å². The van der Waals surface area contributed by atoms with Crippen molar-refractivity contribution in [2.45, 2.75) is 33.2 Å². The molecule has 0 N–H and O–H groups in total. The fourth-order valence-electron chi connectivity index (χ4n) is 1.88. The van der Waals surface area contributed by atoms with Crippen molar-refractivity contribution in [2.24, 2.45) is 0 Å². The molecule has 3 nitrogen and oxygen atoms in total. The lowest BCUT2D eigenvalue weighted by molar-refractivity contribution is 0.0990. The normalized spacial score (nSPS) is 11.0. The zero-order valence-electron chi connectivity index (χ0n) is 11.4. The number of ketones is 1. The van der Waals surface area contributed by atoms with E-state index in [0.29, 0.717) is 12.5 Å². The average molecular weight is 368 g/mol. The summed E-state index contributed by atoms with van der Waals surface area (Å²) in [6.45, 7) is 6.16. The van der Waals surface area contributed by atoms with Gasteiger partial charge in [-0.15, -0.1) is 0 Å². The highest BCUT2D eigenvalue weighted by atomic mass is 127. The summed E-state index contributed by atoms with van der Waals surface area (Å²) in [5.74, 6) is 0.127. The monoisotopic (exact) mass is 368 g/mol. The Hall–Kier alpha value is -1.17. The molecule has 0 saturated carbocycles. The third-order valence-corrected chi connectivity index (χ3v) is 4.46. The van der Waals surface area contributed by atoms with Gasteiger partial charge in [-0.2, -0.15) is 5.10 Å². The third-order valence-electron chi connectivity index (χ3n) is 3.03. The third kappa shape index (κ3) is 3.23. The molecular formula is C15H17IN2O. The minimum Gasteiger partial charge on any atom is -0.294 e. The van der Waals surface area contributed by atoms with E-state index >= 15 is 0 Å². The lowest BCUT2D eigenvalue weighted by Gasteiger charge is -2.06. The van der Waals surface area contributed by atoms with Crippen molar-refractivity contribution in [3.8, 4) is 0 Å². The van der Waals surface area contributed by atoms with Crippen LogP contribution in [0.2, 0.25) is 0 Å². The van der Waals surface area contributed by atoms with Crippen molar-refractivity contribution >= 4 is 28.4 Å². The van der Waals surface area contributed by atoms with Gasteiger partial charge < -0.3 is 0 Å². The molecule has 19 heavy (non-hydrogen) atoms. The van der Waals surface area contributed by atoms with Gasteiger partial charge in [0.05, 0.1) is 12.1 Å². The van der Waals surface area contributed by atoms with Gasteiger partial charge in [-0.1, -0.05) is 18.2 Å². The molecule has 0 aliphatic rings. The fourth-order valence-corrected chi connectivity index (χ4v) is 2.54. The van der Waals surface area contributed by atoms with Crippen LogP contribution in [0.3, 0.4) is 0 Å². The predicted molar refractivity (Wildman–Crippen MR) is 84.5 cm³/mol. The Labute approximate surface area is 127 Å². The summed E-state index contributed by atoms with van der Waals surface area (Å²) in [5.41, 5.74) is 2.76. The maximum absolute atomic E-state index is 12.3. The topological polar surface area (TPSA) is 34.9 Å². The van der Waals surface area contributed by atoms with Crippen molar-refractivity contribution in [3.63, 3.8) is 0 Å². The molecule has 0 aliphatic carbocycles. The van der Waals surface area contributed by atoms with Gasteiger partial charge in [0.25, 0.3) is 0 Å². The number of nitrogens with zero attached hydrogens (tertiary/aromatic N) is 2. The highest BCUT2D eigenvalue weighted by Gasteiger charge is 2.13. The number of hydrogen-bond acceptors (Lipinski definition) is 2. The molecule has 100 valence electrons. The van der Waals surface area contributed by atoms with Gasteiger partial charge in [0.15, 0.2) is 5.78 Å². The van der Waals surface area contributed by atoms with Crippen LogP contribution in [-0.4, -0.2) is 15.6 Å².